The van der Waals surface area contributed by atoms with E-state index in [4.69, 9.17) is 0 Å². The van der Waals surface area contributed by atoms with Gasteiger partial charge in [0.2, 0.25) is 0 Å². The minimum absolute atomic E-state index is 0.277. The van der Waals surface area contributed by atoms with Crippen LogP contribution in [0.1, 0.15) is 5.56 Å². The fraction of sp³-hybridized carbons (Fsp3) is 0.143. The number of benzene rings is 2. The lowest BCUT2D eigenvalue weighted by atomic mass is 10.2. The van der Waals surface area contributed by atoms with Crippen LogP contribution in [-0.4, -0.2) is 6.36 Å². The quantitative estimate of drug-likeness (QED) is 0.763. The molecule has 0 fully saturated rings. The van der Waals surface area contributed by atoms with Crippen LogP contribution in [0, 0.1) is 5.82 Å². The zero-order valence-electron chi connectivity index (χ0n) is 10.5. The molecule has 1 N–H and O–H groups in total. The highest BCUT2D eigenvalue weighted by atomic mass is 79.9. The minimum Gasteiger partial charge on any atom is -0.406 e. The van der Waals surface area contributed by atoms with Gasteiger partial charge < -0.3 is 10.1 Å². The van der Waals surface area contributed by atoms with Gasteiger partial charge in [-0.05, 0) is 51.8 Å². The van der Waals surface area contributed by atoms with Gasteiger partial charge >= 0.3 is 6.36 Å². The third kappa shape index (κ3) is 4.93. The standard InChI is InChI=1S/C14H10BrF4NO/c15-12-6-3-10(7-13(12)16)20-8-9-1-4-11(5-2-9)21-14(17,18)19/h1-7,20H,8H2. The Morgan fingerprint density at radius 2 is 1.71 bits per heavy atom. The van der Waals surface area contributed by atoms with E-state index in [2.05, 4.69) is 26.0 Å². The van der Waals surface area contributed by atoms with Gasteiger partial charge in [0, 0.05) is 12.2 Å². The Hall–Kier alpha value is -1.76. The summed E-state index contributed by atoms with van der Waals surface area (Å²) in [4.78, 5) is 0. The van der Waals surface area contributed by atoms with Crippen LogP contribution in [0.15, 0.2) is 46.9 Å². The third-order valence-corrected chi connectivity index (χ3v) is 3.22. The van der Waals surface area contributed by atoms with Crippen LogP contribution in [0.5, 0.6) is 5.75 Å². The van der Waals surface area contributed by atoms with E-state index in [0.29, 0.717) is 16.7 Å². The highest BCUT2D eigenvalue weighted by molar-refractivity contribution is 9.10. The van der Waals surface area contributed by atoms with Gasteiger partial charge in [0.15, 0.2) is 0 Å². The largest absolute Gasteiger partial charge is 0.573 e. The number of anilines is 1. The van der Waals surface area contributed by atoms with Gasteiger partial charge in [-0.1, -0.05) is 12.1 Å². The molecule has 0 saturated carbocycles. The second-order valence-corrected chi connectivity index (χ2v) is 5.03. The fourth-order valence-corrected chi connectivity index (χ4v) is 1.87. The molecule has 0 amide bonds. The van der Waals surface area contributed by atoms with E-state index in [1.54, 1.807) is 12.1 Å². The van der Waals surface area contributed by atoms with Crippen molar-refractivity contribution in [2.75, 3.05) is 5.32 Å². The highest BCUT2D eigenvalue weighted by Gasteiger charge is 2.30. The zero-order chi connectivity index (χ0) is 15.5. The second-order valence-electron chi connectivity index (χ2n) is 4.17. The topological polar surface area (TPSA) is 21.3 Å². The maximum atomic E-state index is 13.3. The molecule has 0 radical (unpaired) electrons. The van der Waals surface area contributed by atoms with E-state index in [9.17, 15) is 17.6 Å². The molecule has 0 aliphatic carbocycles. The Bertz CT molecular complexity index is 613. The molecule has 2 nitrogen and oxygen atoms in total. The van der Waals surface area contributed by atoms with Gasteiger partial charge in [-0.15, -0.1) is 13.2 Å². The predicted molar refractivity (Wildman–Crippen MR) is 74.6 cm³/mol. The highest BCUT2D eigenvalue weighted by Crippen LogP contribution is 2.23. The lowest BCUT2D eigenvalue weighted by Gasteiger charge is -2.10. The van der Waals surface area contributed by atoms with E-state index in [-0.39, 0.29) is 5.75 Å². The summed E-state index contributed by atoms with van der Waals surface area (Å²) < 4.78 is 53.5. The molecule has 0 aliphatic heterocycles. The molecule has 7 heteroatoms. The number of hydrogen-bond acceptors (Lipinski definition) is 2. The maximum absolute atomic E-state index is 13.3. The first-order chi connectivity index (χ1) is 9.83. The molecular weight excluding hydrogens is 354 g/mol. The number of alkyl halides is 3. The molecule has 0 aromatic heterocycles. The van der Waals surface area contributed by atoms with Crippen molar-refractivity contribution in [1.29, 1.82) is 0 Å². The van der Waals surface area contributed by atoms with Crippen LogP contribution < -0.4 is 10.1 Å². The molecule has 0 aliphatic rings. The number of halogens is 5. The van der Waals surface area contributed by atoms with Gasteiger partial charge in [0.05, 0.1) is 4.47 Å². The Kier molecular flexibility index (Phi) is 4.72. The zero-order valence-corrected chi connectivity index (χ0v) is 12.1. The van der Waals surface area contributed by atoms with Crippen LogP contribution in [0.2, 0.25) is 0 Å². The lowest BCUT2D eigenvalue weighted by Crippen LogP contribution is -2.17. The average molecular weight is 364 g/mol. The molecule has 2 rings (SSSR count). The number of rotatable bonds is 4. The number of ether oxygens (including phenoxy) is 1. The van der Waals surface area contributed by atoms with Crippen LogP contribution in [0.25, 0.3) is 0 Å². The van der Waals surface area contributed by atoms with Crippen molar-refractivity contribution in [1.82, 2.24) is 0 Å². The Morgan fingerprint density at radius 3 is 2.29 bits per heavy atom. The Labute approximate surface area is 126 Å². The average Bonchev–Trinajstić information content (AvgIpc) is 2.40. The third-order valence-electron chi connectivity index (χ3n) is 2.57. The maximum Gasteiger partial charge on any atom is 0.573 e. The molecule has 0 heterocycles. The summed E-state index contributed by atoms with van der Waals surface area (Å²) in [6.07, 6.45) is -4.70. The van der Waals surface area contributed by atoms with E-state index in [0.717, 1.165) is 5.56 Å². The second kappa shape index (κ2) is 6.34. The monoisotopic (exact) mass is 363 g/mol. The molecule has 112 valence electrons. The Morgan fingerprint density at radius 1 is 1.05 bits per heavy atom. The molecular formula is C14H10BrF4NO. The summed E-state index contributed by atoms with van der Waals surface area (Å²) in [6, 6.07) is 10.0. The Balaban J connectivity index is 1.96. The molecule has 0 saturated heterocycles. The van der Waals surface area contributed by atoms with Crippen LogP contribution in [0.3, 0.4) is 0 Å². The molecule has 0 bridgehead atoms. The van der Waals surface area contributed by atoms with Gasteiger partial charge in [-0.3, -0.25) is 0 Å². The molecule has 0 unspecified atom stereocenters. The first kappa shape index (κ1) is 15.6. The number of hydrogen-bond donors (Lipinski definition) is 1. The van der Waals surface area contributed by atoms with Gasteiger partial charge in [0.1, 0.15) is 11.6 Å². The van der Waals surface area contributed by atoms with Crippen LogP contribution >= 0.6 is 15.9 Å². The van der Waals surface area contributed by atoms with Crippen molar-refractivity contribution in [2.24, 2.45) is 0 Å². The molecule has 0 atom stereocenters. The van der Waals surface area contributed by atoms with Crippen molar-refractivity contribution in [3.8, 4) is 5.75 Å². The summed E-state index contributed by atoms with van der Waals surface area (Å²) in [7, 11) is 0. The summed E-state index contributed by atoms with van der Waals surface area (Å²) >= 11 is 3.05. The van der Waals surface area contributed by atoms with Crippen molar-refractivity contribution in [3.63, 3.8) is 0 Å². The predicted octanol–water partition coefficient (Wildman–Crippen LogP) is 5.10. The summed E-state index contributed by atoms with van der Waals surface area (Å²) in [6.45, 7) is 0.355. The van der Waals surface area contributed by atoms with E-state index in [1.165, 1.54) is 30.3 Å². The van der Waals surface area contributed by atoms with Crippen molar-refractivity contribution < 1.29 is 22.3 Å². The summed E-state index contributed by atoms with van der Waals surface area (Å²) in [5, 5.41) is 2.97. The summed E-state index contributed by atoms with van der Waals surface area (Å²) in [5.41, 5.74) is 1.32. The van der Waals surface area contributed by atoms with Crippen LogP contribution in [-0.2, 0) is 6.54 Å². The SMILES string of the molecule is Fc1cc(NCc2ccc(OC(F)(F)F)cc2)ccc1Br. The first-order valence-corrected chi connectivity index (χ1v) is 6.66. The van der Waals surface area contributed by atoms with Crippen molar-refractivity contribution >= 4 is 21.6 Å². The fourth-order valence-electron chi connectivity index (χ4n) is 1.62. The molecule has 2 aromatic rings. The minimum atomic E-state index is -4.70. The number of nitrogens with one attached hydrogen (secondary N) is 1. The van der Waals surface area contributed by atoms with E-state index < -0.39 is 12.2 Å². The molecule has 0 spiro atoms. The van der Waals surface area contributed by atoms with Gasteiger partial charge in [-0.2, -0.15) is 0 Å². The van der Waals surface area contributed by atoms with Gasteiger partial charge in [0.25, 0.3) is 0 Å². The van der Waals surface area contributed by atoms with Gasteiger partial charge in [-0.25, -0.2) is 4.39 Å². The van der Waals surface area contributed by atoms with Crippen molar-refractivity contribution in [2.45, 2.75) is 12.9 Å². The first-order valence-electron chi connectivity index (χ1n) is 5.87. The lowest BCUT2D eigenvalue weighted by molar-refractivity contribution is -0.274. The normalized spacial score (nSPS) is 11.3. The molecule has 21 heavy (non-hydrogen) atoms. The smallest absolute Gasteiger partial charge is 0.406 e. The summed E-state index contributed by atoms with van der Waals surface area (Å²) in [5.74, 6) is -0.671. The van der Waals surface area contributed by atoms with E-state index in [1.807, 2.05) is 0 Å². The van der Waals surface area contributed by atoms with Crippen LogP contribution in [0.4, 0.5) is 23.2 Å². The van der Waals surface area contributed by atoms with E-state index >= 15 is 0 Å². The molecule has 2 aromatic carbocycles. The van der Waals surface area contributed by atoms with Crippen molar-refractivity contribution in [3.05, 3.63) is 58.3 Å².